The second-order valence-corrected chi connectivity index (χ2v) is 10.8. The van der Waals surface area contributed by atoms with Crippen LogP contribution in [0.15, 0.2) is 61.2 Å². The number of unbranched alkanes of at least 4 members (excludes halogenated alkanes) is 1. The van der Waals surface area contributed by atoms with Crippen molar-refractivity contribution in [3.8, 4) is 0 Å². The topological polar surface area (TPSA) is 12.9 Å². The van der Waals surface area contributed by atoms with Crippen LogP contribution >= 0.6 is 0 Å². The zero-order chi connectivity index (χ0) is 24.9. The molecule has 0 amide bonds. The van der Waals surface area contributed by atoms with Gasteiger partial charge in [-0.05, 0) is 91.3 Å². The standard InChI is InChI=1S/C34H43N/c1-7-10-12-29-16-18-31-32(27-15-14-26(11-8-2)25(6)21-27)22-33(34(31)35-29)30-17-13-24(5)20-28(30)19-23(4)9-3/h9,13-18,20-21,23,32-33H,3,7-8,10-12,19,22H2,1-2,4-6H3. The molecule has 0 spiro atoms. The quantitative estimate of drug-likeness (QED) is 0.272. The van der Waals surface area contributed by atoms with Gasteiger partial charge >= 0.3 is 0 Å². The van der Waals surface area contributed by atoms with E-state index < -0.39 is 0 Å². The maximum absolute atomic E-state index is 5.34. The van der Waals surface area contributed by atoms with Crippen LogP contribution in [0.3, 0.4) is 0 Å². The van der Waals surface area contributed by atoms with E-state index in [1.165, 1.54) is 69.6 Å². The number of pyridine rings is 1. The van der Waals surface area contributed by atoms with Gasteiger partial charge in [0, 0.05) is 17.5 Å². The molecule has 0 aliphatic heterocycles. The highest BCUT2D eigenvalue weighted by Crippen LogP contribution is 2.48. The number of allylic oxidation sites excluding steroid dienone is 1. The Morgan fingerprint density at radius 2 is 1.71 bits per heavy atom. The van der Waals surface area contributed by atoms with E-state index in [9.17, 15) is 0 Å². The predicted octanol–water partition coefficient (Wildman–Crippen LogP) is 9.03. The Kier molecular flexibility index (Phi) is 8.26. The largest absolute Gasteiger partial charge is 0.257 e. The molecule has 35 heavy (non-hydrogen) atoms. The van der Waals surface area contributed by atoms with Crippen LogP contribution < -0.4 is 0 Å². The minimum Gasteiger partial charge on any atom is -0.257 e. The van der Waals surface area contributed by atoms with E-state index in [1.807, 2.05) is 0 Å². The van der Waals surface area contributed by atoms with Gasteiger partial charge in [-0.2, -0.15) is 0 Å². The molecule has 0 N–H and O–H groups in total. The van der Waals surface area contributed by atoms with Crippen molar-refractivity contribution in [3.05, 3.63) is 112 Å². The number of fused-ring (bicyclic) bond motifs is 1. The summed E-state index contributed by atoms with van der Waals surface area (Å²) in [6, 6.07) is 19.0. The van der Waals surface area contributed by atoms with E-state index in [0.29, 0.717) is 17.8 Å². The van der Waals surface area contributed by atoms with Crippen LogP contribution in [0.1, 0.15) is 109 Å². The van der Waals surface area contributed by atoms with Crippen LogP contribution in [-0.2, 0) is 19.3 Å². The molecule has 1 aromatic heterocycles. The van der Waals surface area contributed by atoms with Crippen molar-refractivity contribution in [1.29, 1.82) is 0 Å². The molecule has 0 bridgehead atoms. The van der Waals surface area contributed by atoms with Crippen LogP contribution in [0.2, 0.25) is 0 Å². The molecule has 184 valence electrons. The number of hydrogen-bond donors (Lipinski definition) is 0. The molecule has 4 rings (SSSR count). The molecule has 0 radical (unpaired) electrons. The third kappa shape index (κ3) is 5.61. The van der Waals surface area contributed by atoms with Crippen LogP contribution in [0.25, 0.3) is 0 Å². The molecular weight excluding hydrogens is 422 g/mol. The first-order chi connectivity index (χ1) is 16.9. The first-order valence-corrected chi connectivity index (χ1v) is 13.8. The average Bonchev–Trinajstić information content (AvgIpc) is 3.22. The summed E-state index contributed by atoms with van der Waals surface area (Å²) in [5.74, 6) is 1.22. The normalized spacial score (nSPS) is 17.9. The van der Waals surface area contributed by atoms with Gasteiger partial charge in [0.25, 0.3) is 0 Å². The smallest absolute Gasteiger partial charge is 0.0520 e. The molecule has 3 atom stereocenters. The average molecular weight is 466 g/mol. The van der Waals surface area contributed by atoms with Crippen LogP contribution in [0.5, 0.6) is 0 Å². The molecular formula is C34H43N. The highest BCUT2D eigenvalue weighted by atomic mass is 14.7. The van der Waals surface area contributed by atoms with E-state index in [1.54, 1.807) is 0 Å². The Bertz CT molecular complexity index is 1170. The fourth-order valence-corrected chi connectivity index (χ4v) is 5.83. The molecule has 0 saturated heterocycles. The highest BCUT2D eigenvalue weighted by Gasteiger charge is 2.35. The molecule has 0 fully saturated rings. The molecule has 2 aromatic carbocycles. The summed E-state index contributed by atoms with van der Waals surface area (Å²) >= 11 is 0. The van der Waals surface area contributed by atoms with Gasteiger partial charge in [0.2, 0.25) is 0 Å². The van der Waals surface area contributed by atoms with E-state index in [0.717, 1.165) is 25.7 Å². The fraction of sp³-hybridized carbons (Fsp3) is 0.441. The lowest BCUT2D eigenvalue weighted by molar-refractivity contribution is 0.674. The second-order valence-electron chi connectivity index (χ2n) is 10.8. The molecule has 0 saturated carbocycles. The number of benzene rings is 2. The van der Waals surface area contributed by atoms with E-state index in [-0.39, 0.29) is 0 Å². The van der Waals surface area contributed by atoms with Gasteiger partial charge < -0.3 is 0 Å². The van der Waals surface area contributed by atoms with Crippen molar-refractivity contribution < 1.29 is 0 Å². The zero-order valence-electron chi connectivity index (χ0n) is 22.5. The summed E-state index contributed by atoms with van der Waals surface area (Å²) in [4.78, 5) is 5.34. The molecule has 1 aliphatic carbocycles. The number of hydrogen-bond acceptors (Lipinski definition) is 1. The van der Waals surface area contributed by atoms with Crippen molar-refractivity contribution in [2.24, 2.45) is 5.92 Å². The minimum absolute atomic E-state index is 0.347. The Balaban J connectivity index is 1.79. The third-order valence-electron chi connectivity index (χ3n) is 7.88. The lowest BCUT2D eigenvalue weighted by atomic mass is 9.85. The van der Waals surface area contributed by atoms with Gasteiger partial charge in [-0.15, -0.1) is 6.58 Å². The van der Waals surface area contributed by atoms with Crippen LogP contribution in [-0.4, -0.2) is 4.98 Å². The zero-order valence-corrected chi connectivity index (χ0v) is 22.5. The van der Waals surface area contributed by atoms with Gasteiger partial charge in [0.05, 0.1) is 5.69 Å². The lowest BCUT2D eigenvalue weighted by Gasteiger charge is -2.19. The summed E-state index contributed by atoms with van der Waals surface area (Å²) in [6.07, 6.45) is 10.0. The number of aromatic nitrogens is 1. The first kappa shape index (κ1) is 25.4. The Morgan fingerprint density at radius 1 is 0.914 bits per heavy atom. The molecule has 3 unspecified atom stereocenters. The van der Waals surface area contributed by atoms with Gasteiger partial charge in [0.1, 0.15) is 0 Å². The SMILES string of the molecule is C=CC(C)Cc1cc(C)ccc1C1CC(c2ccc(CCC)c(C)c2)c2ccc(CCCC)nc21. The molecule has 3 aromatic rings. The molecule has 1 aliphatic rings. The highest BCUT2D eigenvalue weighted by molar-refractivity contribution is 5.50. The van der Waals surface area contributed by atoms with Crippen molar-refractivity contribution in [2.45, 2.75) is 91.4 Å². The fourth-order valence-electron chi connectivity index (χ4n) is 5.83. The van der Waals surface area contributed by atoms with Crippen molar-refractivity contribution in [2.75, 3.05) is 0 Å². The second kappa shape index (κ2) is 11.4. The van der Waals surface area contributed by atoms with Crippen LogP contribution in [0, 0.1) is 19.8 Å². The molecule has 1 nitrogen and oxygen atoms in total. The summed E-state index contributed by atoms with van der Waals surface area (Å²) in [7, 11) is 0. The van der Waals surface area contributed by atoms with Gasteiger partial charge in [-0.3, -0.25) is 4.98 Å². The summed E-state index contributed by atoms with van der Waals surface area (Å²) in [5.41, 5.74) is 12.6. The van der Waals surface area contributed by atoms with Gasteiger partial charge in [0.15, 0.2) is 0 Å². The maximum Gasteiger partial charge on any atom is 0.0520 e. The number of aryl methyl sites for hydroxylation is 4. The van der Waals surface area contributed by atoms with E-state index in [2.05, 4.69) is 95.8 Å². The summed E-state index contributed by atoms with van der Waals surface area (Å²) < 4.78 is 0. The van der Waals surface area contributed by atoms with E-state index >= 15 is 0 Å². The minimum atomic E-state index is 0.347. The van der Waals surface area contributed by atoms with Crippen molar-refractivity contribution in [1.82, 2.24) is 4.98 Å². The molecule has 1 heteroatoms. The van der Waals surface area contributed by atoms with Crippen molar-refractivity contribution in [3.63, 3.8) is 0 Å². The summed E-state index contributed by atoms with van der Waals surface area (Å²) in [6.45, 7) is 15.3. The monoisotopic (exact) mass is 465 g/mol. The Labute approximate surface area is 213 Å². The maximum atomic E-state index is 5.34. The summed E-state index contributed by atoms with van der Waals surface area (Å²) in [5, 5.41) is 0. The van der Waals surface area contributed by atoms with Gasteiger partial charge in [-0.1, -0.05) is 87.7 Å². The number of rotatable bonds is 10. The third-order valence-corrected chi connectivity index (χ3v) is 7.88. The number of nitrogens with zero attached hydrogens (tertiary/aromatic N) is 1. The van der Waals surface area contributed by atoms with E-state index in [4.69, 9.17) is 4.98 Å². The van der Waals surface area contributed by atoms with Crippen molar-refractivity contribution >= 4 is 0 Å². The first-order valence-electron chi connectivity index (χ1n) is 13.8. The van der Waals surface area contributed by atoms with Gasteiger partial charge in [-0.25, -0.2) is 0 Å². The van der Waals surface area contributed by atoms with Crippen LogP contribution in [0.4, 0.5) is 0 Å². The molecule has 1 heterocycles. The predicted molar refractivity (Wildman–Crippen MR) is 151 cm³/mol. The Morgan fingerprint density at radius 3 is 2.43 bits per heavy atom. The lowest BCUT2D eigenvalue weighted by Crippen LogP contribution is -2.07. The Hall–Kier alpha value is -2.67.